The predicted molar refractivity (Wildman–Crippen MR) is 70.8 cm³/mol. The van der Waals surface area contributed by atoms with Gasteiger partial charge in [-0.3, -0.25) is 4.79 Å². The summed E-state index contributed by atoms with van der Waals surface area (Å²) >= 11 is 0. The maximum absolute atomic E-state index is 11.5. The van der Waals surface area contributed by atoms with Crippen molar-refractivity contribution in [1.29, 1.82) is 0 Å². The van der Waals surface area contributed by atoms with E-state index in [-0.39, 0.29) is 18.1 Å². The molecule has 0 heterocycles. The molecule has 4 nitrogen and oxygen atoms in total. The monoisotopic (exact) mass is 244 g/mol. The number of nitrogens with one attached hydrogen (secondary N) is 1. The first-order valence-corrected chi connectivity index (χ1v) is 6.57. The van der Waals surface area contributed by atoms with E-state index in [1.807, 2.05) is 27.7 Å². The quantitative estimate of drug-likeness (QED) is 0.607. The molecular weight excluding hydrogens is 216 g/mol. The number of ether oxygens (including phenoxy) is 1. The maximum atomic E-state index is 11.5. The highest BCUT2D eigenvalue weighted by atomic mass is 16.5. The van der Waals surface area contributed by atoms with Crippen LogP contribution in [0, 0.1) is 5.92 Å². The number of hydrogen-bond donors (Lipinski definition) is 2. The molecule has 102 valence electrons. The molecule has 3 N–H and O–H groups in total. The first-order valence-electron chi connectivity index (χ1n) is 6.57. The van der Waals surface area contributed by atoms with E-state index < -0.39 is 0 Å². The van der Waals surface area contributed by atoms with Crippen molar-refractivity contribution in [1.82, 2.24) is 5.32 Å². The Morgan fingerprint density at radius 3 is 2.41 bits per heavy atom. The van der Waals surface area contributed by atoms with E-state index in [1.165, 1.54) is 0 Å². The second-order valence-electron chi connectivity index (χ2n) is 5.09. The van der Waals surface area contributed by atoms with Crippen molar-refractivity contribution in [2.24, 2.45) is 11.7 Å². The van der Waals surface area contributed by atoms with Gasteiger partial charge in [0.05, 0.1) is 6.10 Å². The van der Waals surface area contributed by atoms with Crippen molar-refractivity contribution >= 4 is 5.91 Å². The van der Waals surface area contributed by atoms with Gasteiger partial charge in [0.15, 0.2) is 0 Å². The number of nitrogens with two attached hydrogens (primary N) is 1. The van der Waals surface area contributed by atoms with Crippen LogP contribution in [0.2, 0.25) is 0 Å². The number of carbonyl (C=O) groups is 1. The van der Waals surface area contributed by atoms with Crippen LogP contribution in [0.1, 0.15) is 47.0 Å². The van der Waals surface area contributed by atoms with E-state index in [2.05, 4.69) is 5.32 Å². The van der Waals surface area contributed by atoms with Crippen LogP contribution in [0.15, 0.2) is 0 Å². The van der Waals surface area contributed by atoms with Gasteiger partial charge in [-0.2, -0.15) is 0 Å². The molecule has 0 fully saturated rings. The van der Waals surface area contributed by atoms with E-state index in [0.717, 1.165) is 19.4 Å². The summed E-state index contributed by atoms with van der Waals surface area (Å²) in [7, 11) is 0. The zero-order valence-electron chi connectivity index (χ0n) is 11.7. The van der Waals surface area contributed by atoms with E-state index in [0.29, 0.717) is 18.9 Å². The van der Waals surface area contributed by atoms with Crippen LogP contribution >= 0.6 is 0 Å². The highest BCUT2D eigenvalue weighted by Gasteiger charge is 2.12. The Morgan fingerprint density at radius 2 is 1.88 bits per heavy atom. The highest BCUT2D eigenvalue weighted by Crippen LogP contribution is 2.02. The molecule has 0 aliphatic rings. The molecule has 0 aromatic carbocycles. The third kappa shape index (κ3) is 10.3. The first-order chi connectivity index (χ1) is 7.93. The second-order valence-corrected chi connectivity index (χ2v) is 5.09. The van der Waals surface area contributed by atoms with Gasteiger partial charge in [-0.25, -0.2) is 0 Å². The van der Waals surface area contributed by atoms with Crippen LogP contribution in [0.4, 0.5) is 0 Å². The van der Waals surface area contributed by atoms with Crippen LogP contribution in [0.5, 0.6) is 0 Å². The third-order valence-corrected chi connectivity index (χ3v) is 2.62. The minimum Gasteiger partial charge on any atom is -0.379 e. The SMILES string of the molecule is CC(C)OCCCCNC(=O)CC(N)C(C)C. The predicted octanol–water partition coefficient (Wildman–Crippen LogP) is 1.68. The van der Waals surface area contributed by atoms with Crippen molar-refractivity contribution in [3.63, 3.8) is 0 Å². The lowest BCUT2D eigenvalue weighted by molar-refractivity contribution is -0.121. The summed E-state index contributed by atoms with van der Waals surface area (Å²) in [4.78, 5) is 11.5. The molecular formula is C13H28N2O2. The van der Waals surface area contributed by atoms with Crippen LogP contribution in [-0.4, -0.2) is 31.2 Å². The summed E-state index contributed by atoms with van der Waals surface area (Å²) in [5.41, 5.74) is 5.82. The van der Waals surface area contributed by atoms with Gasteiger partial charge < -0.3 is 15.8 Å². The van der Waals surface area contributed by atoms with Gasteiger partial charge in [-0.05, 0) is 32.6 Å². The Bertz CT molecular complexity index is 206. The summed E-state index contributed by atoms with van der Waals surface area (Å²) in [5, 5.41) is 2.88. The number of amides is 1. The highest BCUT2D eigenvalue weighted by molar-refractivity contribution is 5.76. The van der Waals surface area contributed by atoms with Crippen LogP contribution in [0.25, 0.3) is 0 Å². The lowest BCUT2D eigenvalue weighted by Gasteiger charge is -2.15. The Labute approximate surface area is 105 Å². The van der Waals surface area contributed by atoms with Gasteiger partial charge in [-0.1, -0.05) is 13.8 Å². The average molecular weight is 244 g/mol. The molecule has 0 radical (unpaired) electrons. The lowest BCUT2D eigenvalue weighted by atomic mass is 10.0. The summed E-state index contributed by atoms with van der Waals surface area (Å²) in [6.07, 6.45) is 2.64. The summed E-state index contributed by atoms with van der Waals surface area (Å²) in [6, 6.07) is -0.0423. The van der Waals surface area contributed by atoms with Gasteiger partial charge in [0.2, 0.25) is 5.91 Å². The van der Waals surface area contributed by atoms with E-state index in [9.17, 15) is 4.79 Å². The van der Waals surface area contributed by atoms with Crippen LogP contribution in [0.3, 0.4) is 0 Å². The lowest BCUT2D eigenvalue weighted by Crippen LogP contribution is -2.35. The number of rotatable bonds is 9. The molecule has 1 unspecified atom stereocenters. The Morgan fingerprint density at radius 1 is 1.24 bits per heavy atom. The summed E-state index contributed by atoms with van der Waals surface area (Å²) in [6.45, 7) is 9.58. The normalized spacial score (nSPS) is 13.1. The molecule has 0 rings (SSSR count). The van der Waals surface area contributed by atoms with E-state index >= 15 is 0 Å². The zero-order chi connectivity index (χ0) is 13.3. The fraction of sp³-hybridized carbons (Fsp3) is 0.923. The molecule has 0 aliphatic carbocycles. The first kappa shape index (κ1) is 16.4. The molecule has 17 heavy (non-hydrogen) atoms. The van der Waals surface area contributed by atoms with Gasteiger partial charge >= 0.3 is 0 Å². The van der Waals surface area contributed by atoms with E-state index in [1.54, 1.807) is 0 Å². The molecule has 1 atom stereocenters. The smallest absolute Gasteiger partial charge is 0.221 e. The number of carbonyl (C=O) groups excluding carboxylic acids is 1. The minimum absolute atomic E-state index is 0.0423. The zero-order valence-corrected chi connectivity index (χ0v) is 11.7. The van der Waals surface area contributed by atoms with E-state index in [4.69, 9.17) is 10.5 Å². The van der Waals surface area contributed by atoms with Gasteiger partial charge in [0, 0.05) is 25.6 Å². The van der Waals surface area contributed by atoms with Gasteiger partial charge in [0.25, 0.3) is 0 Å². The second kappa shape index (κ2) is 9.42. The molecule has 0 saturated heterocycles. The van der Waals surface area contributed by atoms with Crippen LogP contribution < -0.4 is 11.1 Å². The standard InChI is InChI=1S/C13H28N2O2/c1-10(2)12(14)9-13(16)15-7-5-6-8-17-11(3)4/h10-12H,5-9,14H2,1-4H3,(H,15,16). The molecule has 4 heteroatoms. The van der Waals surface area contributed by atoms with Crippen molar-refractivity contribution < 1.29 is 9.53 Å². The fourth-order valence-corrected chi connectivity index (χ4v) is 1.30. The number of unbranched alkanes of at least 4 members (excludes halogenated alkanes) is 1. The van der Waals surface area contributed by atoms with Gasteiger partial charge in [0.1, 0.15) is 0 Å². The van der Waals surface area contributed by atoms with Crippen molar-refractivity contribution in [3.05, 3.63) is 0 Å². The Kier molecular flexibility index (Phi) is 9.09. The van der Waals surface area contributed by atoms with Crippen molar-refractivity contribution in [2.75, 3.05) is 13.2 Å². The number of hydrogen-bond acceptors (Lipinski definition) is 3. The van der Waals surface area contributed by atoms with Crippen molar-refractivity contribution in [2.45, 2.75) is 59.1 Å². The fourth-order valence-electron chi connectivity index (χ4n) is 1.30. The molecule has 0 spiro atoms. The molecule has 0 saturated carbocycles. The molecule has 0 aromatic heterocycles. The topological polar surface area (TPSA) is 64.3 Å². The van der Waals surface area contributed by atoms with Crippen molar-refractivity contribution in [3.8, 4) is 0 Å². The maximum Gasteiger partial charge on any atom is 0.221 e. The summed E-state index contributed by atoms with van der Waals surface area (Å²) in [5.74, 6) is 0.399. The Hall–Kier alpha value is -0.610. The minimum atomic E-state index is -0.0423. The Balaban J connectivity index is 3.39. The molecule has 0 bridgehead atoms. The largest absolute Gasteiger partial charge is 0.379 e. The molecule has 1 amide bonds. The van der Waals surface area contributed by atoms with Gasteiger partial charge in [-0.15, -0.1) is 0 Å². The van der Waals surface area contributed by atoms with Crippen LogP contribution in [-0.2, 0) is 9.53 Å². The third-order valence-electron chi connectivity index (χ3n) is 2.62. The molecule has 0 aliphatic heterocycles. The summed E-state index contributed by atoms with van der Waals surface area (Å²) < 4.78 is 5.41. The average Bonchev–Trinajstić information content (AvgIpc) is 2.22. The molecule has 0 aromatic rings.